The van der Waals surface area contributed by atoms with Crippen molar-refractivity contribution in [3.63, 3.8) is 0 Å². The minimum absolute atomic E-state index is 0.139. The predicted octanol–water partition coefficient (Wildman–Crippen LogP) is 2.58. The molecule has 0 aliphatic carbocycles. The molecule has 0 atom stereocenters. The van der Waals surface area contributed by atoms with E-state index in [1.54, 1.807) is 18.5 Å². The highest BCUT2D eigenvalue weighted by Gasteiger charge is 2.21. The summed E-state index contributed by atoms with van der Waals surface area (Å²) in [5.74, 6) is 1.06. The van der Waals surface area contributed by atoms with Gasteiger partial charge in [0.1, 0.15) is 12.1 Å². The normalized spacial score (nSPS) is 15.4. The fourth-order valence-electron chi connectivity index (χ4n) is 3.27. The Balaban J connectivity index is 1.60. The van der Waals surface area contributed by atoms with Gasteiger partial charge in [-0.2, -0.15) is 0 Å². The lowest BCUT2D eigenvalue weighted by atomic mass is 10.1. The molecule has 25 heavy (non-hydrogen) atoms. The lowest BCUT2D eigenvalue weighted by Crippen LogP contribution is -2.46. The first-order valence-corrected chi connectivity index (χ1v) is 8.59. The van der Waals surface area contributed by atoms with E-state index >= 15 is 0 Å². The predicted molar refractivity (Wildman–Crippen MR) is 96.7 cm³/mol. The number of hydrogen-bond acceptors (Lipinski definition) is 6. The molecule has 1 saturated heterocycles. The lowest BCUT2D eigenvalue weighted by Gasteiger charge is -2.36. The molecule has 1 aromatic heterocycles. The van der Waals surface area contributed by atoms with Gasteiger partial charge in [-0.25, -0.2) is 9.97 Å². The van der Waals surface area contributed by atoms with Crippen LogP contribution in [0.4, 0.5) is 11.5 Å². The fourth-order valence-corrected chi connectivity index (χ4v) is 3.27. The van der Waals surface area contributed by atoms with Gasteiger partial charge in [0.15, 0.2) is 0 Å². The maximum Gasteiger partial charge on any atom is 0.269 e. The Labute approximate surface area is 147 Å². The van der Waals surface area contributed by atoms with E-state index in [1.165, 1.54) is 5.56 Å². The van der Waals surface area contributed by atoms with Crippen molar-refractivity contribution in [3.05, 3.63) is 57.5 Å². The van der Waals surface area contributed by atoms with Gasteiger partial charge in [-0.15, -0.1) is 0 Å². The molecule has 1 aliphatic rings. The molecule has 2 heterocycles. The van der Waals surface area contributed by atoms with Crippen LogP contribution in [0, 0.1) is 17.0 Å². The van der Waals surface area contributed by atoms with Crippen molar-refractivity contribution in [1.29, 1.82) is 0 Å². The second-order valence-electron chi connectivity index (χ2n) is 6.30. The summed E-state index contributed by atoms with van der Waals surface area (Å²) < 4.78 is 0. The standard InChI is InChI=1S/C18H23N5O2/c1-3-17-14(2)19-13-20-18(17)22-10-8-21(9-11-22)12-15-4-6-16(7-5-15)23(24)25/h4-7,13H,3,8-12H2,1-2H3. The summed E-state index contributed by atoms with van der Waals surface area (Å²) >= 11 is 0. The molecule has 1 aliphatic heterocycles. The van der Waals surface area contributed by atoms with Gasteiger partial charge < -0.3 is 4.90 Å². The van der Waals surface area contributed by atoms with Crippen LogP contribution in [-0.4, -0.2) is 46.0 Å². The number of nitro groups is 1. The second kappa shape index (κ2) is 7.57. The number of nitrogens with zero attached hydrogens (tertiary/aromatic N) is 5. The van der Waals surface area contributed by atoms with Crippen molar-refractivity contribution >= 4 is 11.5 Å². The minimum Gasteiger partial charge on any atom is -0.354 e. The number of nitro benzene ring substituents is 1. The third-order valence-corrected chi connectivity index (χ3v) is 4.72. The number of anilines is 1. The van der Waals surface area contributed by atoms with Crippen LogP contribution in [0.2, 0.25) is 0 Å². The zero-order chi connectivity index (χ0) is 17.8. The van der Waals surface area contributed by atoms with E-state index in [9.17, 15) is 10.1 Å². The monoisotopic (exact) mass is 341 g/mol. The number of rotatable bonds is 5. The molecular weight excluding hydrogens is 318 g/mol. The SMILES string of the molecule is CCc1c(C)ncnc1N1CCN(Cc2ccc([N+](=O)[O-])cc2)CC1. The summed E-state index contributed by atoms with van der Waals surface area (Å²) in [6.45, 7) is 8.74. The Morgan fingerprint density at radius 3 is 2.40 bits per heavy atom. The Morgan fingerprint density at radius 1 is 1.12 bits per heavy atom. The Hall–Kier alpha value is -2.54. The van der Waals surface area contributed by atoms with Crippen LogP contribution in [0.1, 0.15) is 23.7 Å². The largest absolute Gasteiger partial charge is 0.354 e. The summed E-state index contributed by atoms with van der Waals surface area (Å²) in [5, 5.41) is 10.7. The molecule has 132 valence electrons. The zero-order valence-corrected chi connectivity index (χ0v) is 14.7. The molecule has 0 bridgehead atoms. The van der Waals surface area contributed by atoms with Crippen LogP contribution in [0.5, 0.6) is 0 Å². The minimum atomic E-state index is -0.364. The Bertz CT molecular complexity index is 740. The molecule has 7 nitrogen and oxygen atoms in total. The van der Waals surface area contributed by atoms with Crippen molar-refractivity contribution in [2.24, 2.45) is 0 Å². The molecule has 0 N–H and O–H groups in total. The van der Waals surface area contributed by atoms with Gasteiger partial charge in [0.25, 0.3) is 5.69 Å². The number of aromatic nitrogens is 2. The van der Waals surface area contributed by atoms with E-state index in [4.69, 9.17) is 0 Å². The molecule has 0 radical (unpaired) electrons. The molecule has 0 saturated carbocycles. The number of piperazine rings is 1. The lowest BCUT2D eigenvalue weighted by molar-refractivity contribution is -0.384. The van der Waals surface area contributed by atoms with Crippen LogP contribution in [0.15, 0.2) is 30.6 Å². The third kappa shape index (κ3) is 3.93. The number of aryl methyl sites for hydroxylation is 1. The Morgan fingerprint density at radius 2 is 1.80 bits per heavy atom. The van der Waals surface area contributed by atoms with Crippen molar-refractivity contribution < 1.29 is 4.92 Å². The first kappa shape index (κ1) is 17.3. The number of hydrogen-bond donors (Lipinski definition) is 0. The molecule has 0 spiro atoms. The van der Waals surface area contributed by atoms with E-state index in [0.29, 0.717) is 0 Å². The summed E-state index contributed by atoms with van der Waals surface area (Å²) in [7, 11) is 0. The third-order valence-electron chi connectivity index (χ3n) is 4.72. The quantitative estimate of drug-likeness (QED) is 0.615. The average molecular weight is 341 g/mol. The van der Waals surface area contributed by atoms with E-state index in [0.717, 1.165) is 56.2 Å². The molecule has 3 rings (SSSR count). The van der Waals surface area contributed by atoms with Crippen molar-refractivity contribution in [2.75, 3.05) is 31.1 Å². The molecule has 7 heteroatoms. The van der Waals surface area contributed by atoms with E-state index in [1.807, 2.05) is 19.1 Å². The number of benzene rings is 1. The van der Waals surface area contributed by atoms with Crippen LogP contribution < -0.4 is 4.90 Å². The molecule has 1 fully saturated rings. The van der Waals surface area contributed by atoms with E-state index < -0.39 is 0 Å². The Kier molecular flexibility index (Phi) is 5.23. The first-order chi connectivity index (χ1) is 12.1. The maximum absolute atomic E-state index is 10.7. The van der Waals surface area contributed by atoms with Crippen molar-refractivity contribution in [2.45, 2.75) is 26.8 Å². The van der Waals surface area contributed by atoms with E-state index in [2.05, 4.69) is 26.7 Å². The van der Waals surface area contributed by atoms with E-state index in [-0.39, 0.29) is 10.6 Å². The molecular formula is C18H23N5O2. The van der Waals surface area contributed by atoms with Crippen LogP contribution in [0.25, 0.3) is 0 Å². The molecule has 2 aromatic rings. The maximum atomic E-state index is 10.7. The van der Waals surface area contributed by atoms with Gasteiger partial charge in [0, 0.05) is 56.1 Å². The summed E-state index contributed by atoms with van der Waals surface area (Å²) in [4.78, 5) is 23.9. The highest BCUT2D eigenvalue weighted by atomic mass is 16.6. The molecule has 0 amide bonds. The van der Waals surface area contributed by atoms with Crippen molar-refractivity contribution in [1.82, 2.24) is 14.9 Å². The van der Waals surface area contributed by atoms with Gasteiger partial charge >= 0.3 is 0 Å². The van der Waals surface area contributed by atoms with Gasteiger partial charge in [0.05, 0.1) is 4.92 Å². The highest BCUT2D eigenvalue weighted by molar-refractivity contribution is 5.48. The van der Waals surface area contributed by atoms with Gasteiger partial charge in [-0.05, 0) is 18.9 Å². The second-order valence-corrected chi connectivity index (χ2v) is 6.30. The van der Waals surface area contributed by atoms with Crippen LogP contribution in [0.3, 0.4) is 0 Å². The van der Waals surface area contributed by atoms with Crippen molar-refractivity contribution in [3.8, 4) is 0 Å². The summed E-state index contributed by atoms with van der Waals surface area (Å²) in [6, 6.07) is 6.83. The van der Waals surface area contributed by atoms with Gasteiger partial charge in [-0.3, -0.25) is 15.0 Å². The zero-order valence-electron chi connectivity index (χ0n) is 14.7. The topological polar surface area (TPSA) is 75.4 Å². The summed E-state index contributed by atoms with van der Waals surface area (Å²) in [6.07, 6.45) is 2.58. The van der Waals surface area contributed by atoms with Crippen LogP contribution in [-0.2, 0) is 13.0 Å². The smallest absolute Gasteiger partial charge is 0.269 e. The molecule has 1 aromatic carbocycles. The fraction of sp³-hybridized carbons (Fsp3) is 0.444. The highest BCUT2D eigenvalue weighted by Crippen LogP contribution is 2.22. The molecule has 0 unspecified atom stereocenters. The first-order valence-electron chi connectivity index (χ1n) is 8.59. The summed E-state index contributed by atoms with van der Waals surface area (Å²) in [5.41, 5.74) is 3.53. The van der Waals surface area contributed by atoms with Gasteiger partial charge in [0.2, 0.25) is 0 Å². The average Bonchev–Trinajstić information content (AvgIpc) is 2.62. The van der Waals surface area contributed by atoms with Gasteiger partial charge in [-0.1, -0.05) is 19.1 Å². The number of non-ortho nitro benzene ring substituents is 1. The van der Waals surface area contributed by atoms with Crippen LogP contribution >= 0.6 is 0 Å².